The Kier molecular flexibility index (Phi) is 3.84. The molecule has 0 saturated carbocycles. The van der Waals surface area contributed by atoms with Crippen molar-refractivity contribution in [2.45, 2.75) is 12.5 Å². The van der Waals surface area contributed by atoms with E-state index in [-0.39, 0.29) is 11.1 Å². The number of carbonyl (C=O) groups is 3. The summed E-state index contributed by atoms with van der Waals surface area (Å²) in [5.74, 6) is -2.14. The van der Waals surface area contributed by atoms with Crippen molar-refractivity contribution >= 4 is 17.8 Å². The Morgan fingerprint density at radius 2 is 1.58 bits per heavy atom. The quantitative estimate of drug-likeness (QED) is 0.872. The van der Waals surface area contributed by atoms with Gasteiger partial charge in [-0.15, -0.1) is 0 Å². The van der Waals surface area contributed by atoms with Crippen LogP contribution in [0.15, 0.2) is 48.5 Å². The molecule has 2 amide bonds. The Bertz CT molecular complexity index is 846. The number of fused-ring (bicyclic) bond motifs is 1. The number of hydrogen-bond donors (Lipinski definition) is 1. The van der Waals surface area contributed by atoms with Gasteiger partial charge < -0.3 is 5.11 Å². The predicted molar refractivity (Wildman–Crippen MR) is 83.1 cm³/mol. The van der Waals surface area contributed by atoms with E-state index >= 15 is 0 Å². The highest BCUT2D eigenvalue weighted by atomic mass is 16.4. The first-order valence-corrected chi connectivity index (χ1v) is 7.21. The van der Waals surface area contributed by atoms with Gasteiger partial charge in [-0.2, -0.15) is 5.26 Å². The van der Waals surface area contributed by atoms with E-state index in [2.05, 4.69) is 0 Å². The van der Waals surface area contributed by atoms with Gasteiger partial charge >= 0.3 is 5.97 Å². The summed E-state index contributed by atoms with van der Waals surface area (Å²) in [6, 6.07) is 13.6. The van der Waals surface area contributed by atoms with E-state index in [1.165, 1.54) is 12.1 Å². The third-order valence-electron chi connectivity index (χ3n) is 3.93. The zero-order chi connectivity index (χ0) is 17.3. The fraction of sp³-hybridized carbons (Fsp3) is 0.111. The number of imide groups is 1. The van der Waals surface area contributed by atoms with Crippen LogP contribution in [0.2, 0.25) is 0 Å². The summed E-state index contributed by atoms with van der Waals surface area (Å²) in [6.45, 7) is 0. The Morgan fingerprint density at radius 3 is 2.04 bits per heavy atom. The molecule has 6 heteroatoms. The summed E-state index contributed by atoms with van der Waals surface area (Å²) in [4.78, 5) is 37.4. The van der Waals surface area contributed by atoms with Crippen LogP contribution in [0.5, 0.6) is 0 Å². The zero-order valence-electron chi connectivity index (χ0n) is 12.5. The number of nitrogens with zero attached hydrogens (tertiary/aromatic N) is 2. The molecule has 0 bridgehead atoms. The number of hydrogen-bond acceptors (Lipinski definition) is 4. The maximum atomic E-state index is 12.6. The topological polar surface area (TPSA) is 98.5 Å². The van der Waals surface area contributed by atoms with Gasteiger partial charge in [-0.3, -0.25) is 19.3 Å². The molecular formula is C18H12N2O4. The lowest BCUT2D eigenvalue weighted by Gasteiger charge is -2.25. The molecule has 24 heavy (non-hydrogen) atoms. The van der Waals surface area contributed by atoms with E-state index in [0.717, 1.165) is 4.90 Å². The highest BCUT2D eigenvalue weighted by Crippen LogP contribution is 2.33. The molecule has 1 N–H and O–H groups in total. The van der Waals surface area contributed by atoms with Crippen molar-refractivity contribution in [1.82, 2.24) is 4.90 Å². The summed E-state index contributed by atoms with van der Waals surface area (Å²) in [5, 5.41) is 18.1. The lowest BCUT2D eigenvalue weighted by atomic mass is 10.0. The standard InChI is InChI=1S/C18H12N2O4/c19-10-11-5-7-12(8-6-11)15(9-16(21)22)20-17(23)13-3-1-2-4-14(13)18(20)24/h1-8,15H,9H2,(H,21,22). The molecule has 2 aromatic rings. The molecule has 1 aliphatic rings. The molecule has 1 aliphatic heterocycles. The molecule has 0 saturated heterocycles. The minimum atomic E-state index is -1.12. The molecule has 0 aromatic heterocycles. The van der Waals surface area contributed by atoms with Gasteiger partial charge in [0.15, 0.2) is 0 Å². The average molecular weight is 320 g/mol. The second-order valence-corrected chi connectivity index (χ2v) is 5.37. The Morgan fingerprint density at radius 1 is 1.04 bits per heavy atom. The molecule has 6 nitrogen and oxygen atoms in total. The molecule has 2 aromatic carbocycles. The molecule has 1 heterocycles. The van der Waals surface area contributed by atoms with Gasteiger partial charge in [0, 0.05) is 0 Å². The van der Waals surface area contributed by atoms with Gasteiger partial charge in [0.2, 0.25) is 0 Å². The normalized spacial score (nSPS) is 14.2. The average Bonchev–Trinajstić information content (AvgIpc) is 2.84. The number of carbonyl (C=O) groups excluding carboxylic acids is 2. The van der Waals surface area contributed by atoms with E-state index in [4.69, 9.17) is 5.26 Å². The van der Waals surface area contributed by atoms with Crippen molar-refractivity contribution in [2.75, 3.05) is 0 Å². The molecule has 1 atom stereocenters. The van der Waals surface area contributed by atoms with E-state index in [1.54, 1.807) is 36.4 Å². The van der Waals surface area contributed by atoms with Crippen LogP contribution < -0.4 is 0 Å². The van der Waals surface area contributed by atoms with Crippen LogP contribution >= 0.6 is 0 Å². The van der Waals surface area contributed by atoms with Crippen molar-refractivity contribution in [3.05, 3.63) is 70.8 Å². The molecule has 0 aliphatic carbocycles. The largest absolute Gasteiger partial charge is 0.481 e. The maximum absolute atomic E-state index is 12.6. The first-order valence-electron chi connectivity index (χ1n) is 7.21. The Hall–Kier alpha value is -3.46. The summed E-state index contributed by atoms with van der Waals surface area (Å²) < 4.78 is 0. The number of rotatable bonds is 4. The predicted octanol–water partition coefficient (Wildman–Crippen LogP) is 2.37. The zero-order valence-corrected chi connectivity index (χ0v) is 12.5. The minimum Gasteiger partial charge on any atom is -0.481 e. The third kappa shape index (κ3) is 2.52. The van der Waals surface area contributed by atoms with Crippen molar-refractivity contribution in [2.24, 2.45) is 0 Å². The summed E-state index contributed by atoms with van der Waals surface area (Å²) in [5.41, 5.74) is 1.44. The number of benzene rings is 2. The van der Waals surface area contributed by atoms with E-state index < -0.39 is 30.2 Å². The van der Waals surface area contributed by atoms with Crippen LogP contribution in [0.1, 0.15) is 44.3 Å². The van der Waals surface area contributed by atoms with Crippen LogP contribution in [0, 0.1) is 11.3 Å². The molecule has 0 spiro atoms. The summed E-state index contributed by atoms with van der Waals surface area (Å²) >= 11 is 0. The van der Waals surface area contributed by atoms with Gasteiger partial charge in [0.1, 0.15) is 0 Å². The second-order valence-electron chi connectivity index (χ2n) is 5.37. The fourth-order valence-corrected chi connectivity index (χ4v) is 2.79. The highest BCUT2D eigenvalue weighted by Gasteiger charge is 2.41. The Balaban J connectivity index is 2.04. The molecular weight excluding hydrogens is 308 g/mol. The molecule has 1 unspecified atom stereocenters. The van der Waals surface area contributed by atoms with Crippen molar-refractivity contribution in [3.63, 3.8) is 0 Å². The number of aliphatic carboxylic acids is 1. The van der Waals surface area contributed by atoms with Gasteiger partial charge in [0.25, 0.3) is 11.8 Å². The maximum Gasteiger partial charge on any atom is 0.305 e. The van der Waals surface area contributed by atoms with Gasteiger partial charge in [0.05, 0.1) is 35.2 Å². The molecule has 118 valence electrons. The van der Waals surface area contributed by atoms with E-state index in [9.17, 15) is 19.5 Å². The van der Waals surface area contributed by atoms with Crippen LogP contribution in [-0.4, -0.2) is 27.8 Å². The van der Waals surface area contributed by atoms with Crippen LogP contribution in [-0.2, 0) is 4.79 Å². The summed E-state index contributed by atoms with van der Waals surface area (Å²) in [6.07, 6.45) is -0.405. The SMILES string of the molecule is N#Cc1ccc(C(CC(=O)O)N2C(=O)c3ccccc3C2=O)cc1. The van der Waals surface area contributed by atoms with E-state index in [0.29, 0.717) is 11.1 Å². The van der Waals surface area contributed by atoms with Crippen molar-refractivity contribution < 1.29 is 19.5 Å². The lowest BCUT2D eigenvalue weighted by Crippen LogP contribution is -2.35. The van der Waals surface area contributed by atoms with Crippen molar-refractivity contribution in [1.29, 1.82) is 5.26 Å². The number of amides is 2. The number of carboxylic acid groups (broad SMARTS) is 1. The number of nitriles is 1. The van der Waals surface area contributed by atoms with Crippen LogP contribution in [0.25, 0.3) is 0 Å². The lowest BCUT2D eigenvalue weighted by molar-refractivity contribution is -0.138. The first-order chi connectivity index (χ1) is 11.5. The van der Waals surface area contributed by atoms with Gasteiger partial charge in [-0.05, 0) is 29.8 Å². The minimum absolute atomic E-state index is 0.270. The summed E-state index contributed by atoms with van der Waals surface area (Å²) in [7, 11) is 0. The van der Waals surface area contributed by atoms with E-state index in [1.807, 2.05) is 6.07 Å². The third-order valence-corrected chi connectivity index (χ3v) is 3.93. The van der Waals surface area contributed by atoms with Crippen LogP contribution in [0.3, 0.4) is 0 Å². The van der Waals surface area contributed by atoms with Gasteiger partial charge in [-0.1, -0.05) is 24.3 Å². The monoisotopic (exact) mass is 320 g/mol. The van der Waals surface area contributed by atoms with Gasteiger partial charge in [-0.25, -0.2) is 0 Å². The highest BCUT2D eigenvalue weighted by molar-refractivity contribution is 6.21. The number of carboxylic acids is 1. The first kappa shape index (κ1) is 15.4. The fourth-order valence-electron chi connectivity index (χ4n) is 2.79. The molecule has 3 rings (SSSR count). The smallest absolute Gasteiger partial charge is 0.305 e. The van der Waals surface area contributed by atoms with Crippen molar-refractivity contribution in [3.8, 4) is 6.07 Å². The Labute approximate surface area is 137 Å². The molecule has 0 radical (unpaired) electrons. The second kappa shape index (κ2) is 5.97. The van der Waals surface area contributed by atoms with Crippen LogP contribution in [0.4, 0.5) is 0 Å². The molecule has 0 fully saturated rings.